The molecular weight excluding hydrogens is 264 g/mol. The lowest BCUT2D eigenvalue weighted by Crippen LogP contribution is -2.15. The van der Waals surface area contributed by atoms with Gasteiger partial charge in [0.25, 0.3) is 5.91 Å². The fourth-order valence-corrected chi connectivity index (χ4v) is 2.31. The van der Waals surface area contributed by atoms with Gasteiger partial charge in [0.15, 0.2) is 0 Å². The zero-order chi connectivity index (χ0) is 14.8. The van der Waals surface area contributed by atoms with Crippen LogP contribution in [0.1, 0.15) is 28.9 Å². The van der Waals surface area contributed by atoms with E-state index in [1.165, 1.54) is 0 Å². The Morgan fingerprint density at radius 2 is 2.00 bits per heavy atom. The number of para-hydroxylation sites is 1. The summed E-state index contributed by atoms with van der Waals surface area (Å²) in [6.45, 7) is 1.89. The van der Waals surface area contributed by atoms with Crippen LogP contribution in [-0.2, 0) is 0 Å². The first kappa shape index (κ1) is 13.3. The van der Waals surface area contributed by atoms with Crippen molar-refractivity contribution in [2.75, 3.05) is 5.32 Å². The second-order valence-electron chi connectivity index (χ2n) is 4.92. The third-order valence-corrected chi connectivity index (χ3v) is 3.37. The predicted molar refractivity (Wildman–Crippen MR) is 82.2 cm³/mol. The molecule has 0 fully saturated rings. The van der Waals surface area contributed by atoms with E-state index in [9.17, 15) is 4.79 Å². The Labute approximate surface area is 122 Å². The quantitative estimate of drug-likeness (QED) is 0.774. The third-order valence-electron chi connectivity index (χ3n) is 3.37. The molecular formula is C16H16N4O. The van der Waals surface area contributed by atoms with Gasteiger partial charge in [0.05, 0.1) is 17.3 Å². The number of carbonyl (C=O) groups is 1. The molecule has 0 radical (unpaired) electrons. The molecule has 2 aromatic heterocycles. The second-order valence-corrected chi connectivity index (χ2v) is 4.92. The zero-order valence-corrected chi connectivity index (χ0v) is 11.7. The maximum absolute atomic E-state index is 12.5. The highest BCUT2D eigenvalue weighted by Crippen LogP contribution is 2.22. The highest BCUT2D eigenvalue weighted by Gasteiger charge is 2.14. The van der Waals surface area contributed by atoms with Gasteiger partial charge in [-0.25, -0.2) is 4.52 Å². The maximum Gasteiger partial charge on any atom is 0.259 e. The summed E-state index contributed by atoms with van der Waals surface area (Å²) >= 11 is 0. The number of aromatic nitrogens is 2. The van der Waals surface area contributed by atoms with Crippen molar-refractivity contribution in [1.82, 2.24) is 9.61 Å². The van der Waals surface area contributed by atoms with Crippen LogP contribution in [0.2, 0.25) is 0 Å². The Morgan fingerprint density at radius 1 is 1.24 bits per heavy atom. The van der Waals surface area contributed by atoms with Gasteiger partial charge in [-0.15, -0.1) is 0 Å². The molecule has 0 aliphatic heterocycles. The van der Waals surface area contributed by atoms with E-state index in [4.69, 9.17) is 5.73 Å². The van der Waals surface area contributed by atoms with Gasteiger partial charge in [0.2, 0.25) is 0 Å². The molecule has 1 unspecified atom stereocenters. The van der Waals surface area contributed by atoms with Crippen molar-refractivity contribution in [3.63, 3.8) is 0 Å². The maximum atomic E-state index is 12.5. The lowest BCUT2D eigenvalue weighted by atomic mass is 10.1. The summed E-state index contributed by atoms with van der Waals surface area (Å²) in [5.41, 5.74) is 8.87. The molecule has 1 atom stereocenters. The van der Waals surface area contributed by atoms with Crippen molar-refractivity contribution in [3.05, 3.63) is 66.0 Å². The SMILES string of the molecule is CC(N)c1ccccc1NC(=O)c1cnn2ccccc12. The van der Waals surface area contributed by atoms with Gasteiger partial charge in [-0.3, -0.25) is 4.79 Å². The van der Waals surface area contributed by atoms with Crippen LogP contribution < -0.4 is 11.1 Å². The van der Waals surface area contributed by atoms with Gasteiger partial charge in [-0.2, -0.15) is 5.10 Å². The van der Waals surface area contributed by atoms with Gasteiger partial charge < -0.3 is 11.1 Å². The first-order chi connectivity index (χ1) is 10.2. The first-order valence-corrected chi connectivity index (χ1v) is 6.75. The van der Waals surface area contributed by atoms with E-state index in [-0.39, 0.29) is 11.9 Å². The molecule has 5 heteroatoms. The second kappa shape index (κ2) is 5.38. The summed E-state index contributed by atoms with van der Waals surface area (Å²) in [5, 5.41) is 7.08. The van der Waals surface area contributed by atoms with E-state index < -0.39 is 0 Å². The minimum Gasteiger partial charge on any atom is -0.324 e. The molecule has 2 heterocycles. The monoisotopic (exact) mass is 280 g/mol. The van der Waals surface area contributed by atoms with Gasteiger partial charge in [-0.1, -0.05) is 24.3 Å². The number of hydrogen-bond acceptors (Lipinski definition) is 3. The molecule has 3 aromatic rings. The molecule has 3 rings (SSSR count). The lowest BCUT2D eigenvalue weighted by Gasteiger charge is -2.13. The summed E-state index contributed by atoms with van der Waals surface area (Å²) in [4.78, 5) is 12.5. The molecule has 0 aliphatic rings. The summed E-state index contributed by atoms with van der Waals surface area (Å²) < 4.78 is 1.67. The van der Waals surface area contributed by atoms with Crippen molar-refractivity contribution in [1.29, 1.82) is 0 Å². The topological polar surface area (TPSA) is 72.4 Å². The number of pyridine rings is 1. The predicted octanol–water partition coefficient (Wildman–Crippen LogP) is 2.61. The van der Waals surface area contributed by atoms with Crippen molar-refractivity contribution in [2.24, 2.45) is 5.73 Å². The number of anilines is 1. The smallest absolute Gasteiger partial charge is 0.259 e. The van der Waals surface area contributed by atoms with Gasteiger partial charge in [0.1, 0.15) is 0 Å². The van der Waals surface area contributed by atoms with Crippen molar-refractivity contribution in [3.8, 4) is 0 Å². The van der Waals surface area contributed by atoms with Gasteiger partial charge in [-0.05, 0) is 30.7 Å². The fraction of sp³-hybridized carbons (Fsp3) is 0.125. The van der Waals surface area contributed by atoms with Gasteiger partial charge >= 0.3 is 0 Å². The number of carbonyl (C=O) groups excluding carboxylic acids is 1. The van der Waals surface area contributed by atoms with Crippen LogP contribution in [-0.4, -0.2) is 15.5 Å². The average Bonchev–Trinajstić information content (AvgIpc) is 2.91. The number of rotatable bonds is 3. The number of nitrogens with zero attached hydrogens (tertiary/aromatic N) is 2. The minimum atomic E-state index is -0.190. The summed E-state index contributed by atoms with van der Waals surface area (Å²) in [6.07, 6.45) is 3.38. The number of nitrogens with one attached hydrogen (secondary N) is 1. The summed E-state index contributed by atoms with van der Waals surface area (Å²) in [7, 11) is 0. The molecule has 0 saturated carbocycles. The first-order valence-electron chi connectivity index (χ1n) is 6.75. The molecule has 0 aliphatic carbocycles. The summed E-state index contributed by atoms with van der Waals surface area (Å²) in [6, 6.07) is 13.0. The van der Waals surface area contributed by atoms with E-state index in [0.29, 0.717) is 5.56 Å². The van der Waals surface area contributed by atoms with E-state index in [2.05, 4.69) is 10.4 Å². The third kappa shape index (κ3) is 2.51. The van der Waals surface area contributed by atoms with Gasteiger partial charge in [0, 0.05) is 17.9 Å². The summed E-state index contributed by atoms with van der Waals surface area (Å²) in [5.74, 6) is -0.190. The molecule has 0 bridgehead atoms. The molecule has 106 valence electrons. The number of nitrogens with two attached hydrogens (primary N) is 1. The number of benzene rings is 1. The largest absolute Gasteiger partial charge is 0.324 e. The van der Waals surface area contributed by atoms with E-state index in [1.54, 1.807) is 10.7 Å². The number of fused-ring (bicyclic) bond motifs is 1. The molecule has 21 heavy (non-hydrogen) atoms. The number of amides is 1. The molecule has 3 N–H and O–H groups in total. The Bertz CT molecular complexity index is 792. The molecule has 0 spiro atoms. The molecule has 0 saturated heterocycles. The highest BCUT2D eigenvalue weighted by molar-refractivity contribution is 6.09. The highest BCUT2D eigenvalue weighted by atomic mass is 16.1. The normalized spacial score (nSPS) is 12.3. The van der Waals surface area contributed by atoms with Crippen molar-refractivity contribution in [2.45, 2.75) is 13.0 Å². The van der Waals surface area contributed by atoms with Crippen LogP contribution >= 0.6 is 0 Å². The molecule has 5 nitrogen and oxygen atoms in total. The lowest BCUT2D eigenvalue weighted by molar-refractivity contribution is 0.102. The molecule has 1 aromatic carbocycles. The van der Waals surface area contributed by atoms with Crippen LogP contribution in [0.5, 0.6) is 0 Å². The average molecular weight is 280 g/mol. The Kier molecular flexibility index (Phi) is 3.41. The van der Waals surface area contributed by atoms with Crippen LogP contribution in [0.25, 0.3) is 5.52 Å². The van der Waals surface area contributed by atoms with E-state index in [0.717, 1.165) is 16.8 Å². The zero-order valence-electron chi connectivity index (χ0n) is 11.7. The van der Waals surface area contributed by atoms with E-state index >= 15 is 0 Å². The Hall–Kier alpha value is -2.66. The number of hydrogen-bond donors (Lipinski definition) is 2. The minimum absolute atomic E-state index is 0.148. The van der Waals surface area contributed by atoms with Crippen molar-refractivity contribution < 1.29 is 4.79 Å². The standard InChI is InChI=1S/C16H16N4O/c1-11(17)12-6-2-3-7-14(12)19-16(21)13-10-18-20-9-5-4-8-15(13)20/h2-11H,17H2,1H3,(H,19,21). The van der Waals surface area contributed by atoms with Crippen LogP contribution in [0, 0.1) is 0 Å². The van der Waals surface area contributed by atoms with E-state index in [1.807, 2.05) is 55.6 Å². The Balaban J connectivity index is 1.94. The fourth-order valence-electron chi connectivity index (χ4n) is 2.31. The van der Waals surface area contributed by atoms with Crippen LogP contribution in [0.3, 0.4) is 0 Å². The van der Waals surface area contributed by atoms with Crippen LogP contribution in [0.15, 0.2) is 54.9 Å². The molecule has 1 amide bonds. The van der Waals surface area contributed by atoms with Crippen molar-refractivity contribution >= 4 is 17.1 Å². The Morgan fingerprint density at radius 3 is 2.81 bits per heavy atom. The van der Waals surface area contributed by atoms with Crippen LogP contribution in [0.4, 0.5) is 5.69 Å².